The third kappa shape index (κ3) is 14.9. The van der Waals surface area contributed by atoms with Crippen molar-refractivity contribution < 1.29 is 4.39 Å². The van der Waals surface area contributed by atoms with Crippen molar-refractivity contribution in [2.45, 2.75) is 112 Å². The molecule has 26 rings (SSSR count). The van der Waals surface area contributed by atoms with Crippen LogP contribution in [0.1, 0.15) is 79.8 Å². The fourth-order valence-corrected chi connectivity index (χ4v) is 26.8. The molecule has 142 heavy (non-hydrogen) atoms. The highest BCUT2D eigenvalue weighted by Crippen LogP contribution is 2.57. The van der Waals surface area contributed by atoms with Gasteiger partial charge in [0.05, 0.1) is 16.1 Å². The van der Waals surface area contributed by atoms with Gasteiger partial charge in [0.25, 0.3) is 0 Å². The summed E-state index contributed by atoms with van der Waals surface area (Å²) < 4.78 is 15.6. The molecule has 0 amide bonds. The van der Waals surface area contributed by atoms with Crippen molar-refractivity contribution in [3.05, 3.63) is 458 Å². The lowest BCUT2D eigenvalue weighted by molar-refractivity contribution is 0.490. The van der Waals surface area contributed by atoms with Crippen LogP contribution in [-0.4, -0.2) is 16.1 Å². The average molecular weight is 1860 g/mol. The molecule has 0 saturated carbocycles. The van der Waals surface area contributed by atoms with E-state index >= 15 is 4.39 Å². The minimum Gasteiger partial charge on any atom is -0.206 e. The maximum Gasteiger partial charge on any atom is 0.131 e. The molecule has 0 unspecified atom stereocenters. The smallest absolute Gasteiger partial charge is 0.131 e. The Morgan fingerprint density at radius 2 is 0.592 bits per heavy atom. The molecule has 1 aliphatic rings. The number of hydrogen-bond acceptors (Lipinski definition) is 0. The Hall–Kier alpha value is -15.5. The van der Waals surface area contributed by atoms with Gasteiger partial charge in [-0.2, -0.15) is 0 Å². The molecule has 0 atom stereocenters. The lowest BCUT2D eigenvalue weighted by Gasteiger charge is -2.30. The van der Waals surface area contributed by atoms with Gasteiger partial charge in [-0.25, -0.2) is 4.39 Å². The van der Waals surface area contributed by atoms with E-state index in [2.05, 4.69) is 482 Å². The predicted molar refractivity (Wildman–Crippen MR) is 621 cm³/mol. The molecule has 0 aliphatic heterocycles. The van der Waals surface area contributed by atoms with E-state index in [9.17, 15) is 0 Å². The van der Waals surface area contributed by atoms with Crippen LogP contribution < -0.4 is 10.4 Å². The topological polar surface area (TPSA) is 0 Å². The van der Waals surface area contributed by atoms with Crippen molar-refractivity contribution in [3.63, 3.8) is 0 Å². The van der Waals surface area contributed by atoms with Gasteiger partial charge in [-0.15, -0.1) is 0 Å². The van der Waals surface area contributed by atoms with E-state index in [-0.39, 0.29) is 11.2 Å². The fraction of sp³-hybridized carbons (Fsp3) is 0.122. The van der Waals surface area contributed by atoms with Gasteiger partial charge in [0.1, 0.15) is 5.82 Å². The standard InChI is InChI=1S/C50H34.C46H36.C43H43FSi2/c1-31-11-8-16-35(27-31)38-23-24-43-45(33-13-4-3-5-14-33)30-48-46(36-17-9-12-32(2)28-36)29-47(44-26-25-42(38)49(43)50(44)48)40-20-10-19-39-37-18-7-6-15-34(37)21-22-41(39)40;1-4-46(5-2)41-19-13-12-18-35(41)36-23-20-32(27-42(36)46)34-22-21-33-26-29(3)43-40(31-16-10-7-11-17-31)28-39(30-14-8-6-9-15-30)38-25-24-37(34)44(33)45(38)43;1-27(2)37-25-40-38(29-15-19-31(20-16-29)46(6,7)8)26-39(33-11-9-10-12-41(33)44)36-24-23-34-32(21-22-35(37)42(34)43(36)40)28-13-17-30(18-14-28)45(3,4)5/h3-30H,1-2H3;6-28H,4-5H2,1-3H3;9-27H,1-8H3. The summed E-state index contributed by atoms with van der Waals surface area (Å²) >= 11 is 0. The summed E-state index contributed by atoms with van der Waals surface area (Å²) in [5.74, 6) is 0.158. The number of hydrogen-bond donors (Lipinski definition) is 0. The quantitative estimate of drug-likeness (QED) is 0.0709. The van der Waals surface area contributed by atoms with E-state index in [4.69, 9.17) is 0 Å². The molecule has 0 bridgehead atoms. The van der Waals surface area contributed by atoms with E-state index in [1.54, 1.807) is 12.1 Å². The van der Waals surface area contributed by atoms with Crippen LogP contribution in [0.4, 0.5) is 4.39 Å². The molecule has 684 valence electrons. The number of benzene rings is 25. The Bertz CT molecular complexity index is 9290. The third-order valence-electron chi connectivity index (χ3n) is 31.6. The van der Waals surface area contributed by atoms with Crippen LogP contribution in [0.3, 0.4) is 0 Å². The lowest BCUT2D eigenvalue weighted by atomic mass is 9.73. The highest BCUT2D eigenvalue weighted by Gasteiger charge is 2.41. The zero-order chi connectivity index (χ0) is 96.9. The molecule has 3 heteroatoms. The molecule has 0 radical (unpaired) electrons. The van der Waals surface area contributed by atoms with E-state index in [1.807, 2.05) is 12.1 Å². The molecule has 0 spiro atoms. The zero-order valence-electron chi connectivity index (χ0n) is 83.2. The van der Waals surface area contributed by atoms with Crippen LogP contribution in [0.2, 0.25) is 39.3 Å². The molecule has 0 saturated heterocycles. The molecule has 25 aromatic carbocycles. The van der Waals surface area contributed by atoms with E-state index < -0.39 is 16.1 Å². The molecule has 25 aromatic rings. The van der Waals surface area contributed by atoms with Gasteiger partial charge in [0.2, 0.25) is 0 Å². The largest absolute Gasteiger partial charge is 0.206 e. The second kappa shape index (κ2) is 35.1. The van der Waals surface area contributed by atoms with E-state index in [0.29, 0.717) is 11.5 Å². The van der Waals surface area contributed by atoms with Gasteiger partial charge in [0.15, 0.2) is 0 Å². The monoisotopic (exact) mass is 1860 g/mol. The van der Waals surface area contributed by atoms with Crippen molar-refractivity contribution in [3.8, 4) is 122 Å². The van der Waals surface area contributed by atoms with Crippen molar-refractivity contribution in [2.75, 3.05) is 0 Å². The van der Waals surface area contributed by atoms with Crippen molar-refractivity contribution in [2.24, 2.45) is 0 Å². The summed E-state index contributed by atoms with van der Waals surface area (Å²) in [6.07, 6.45) is 2.19. The van der Waals surface area contributed by atoms with E-state index in [0.717, 1.165) is 29.4 Å². The summed E-state index contributed by atoms with van der Waals surface area (Å²) in [4.78, 5) is 0. The number of fused-ring (bicyclic) bond motifs is 6. The average Bonchev–Trinajstić information content (AvgIpc) is 0.918. The number of rotatable bonds is 15. The Morgan fingerprint density at radius 1 is 0.218 bits per heavy atom. The second-order valence-corrected chi connectivity index (χ2v) is 52.4. The minimum atomic E-state index is -1.46. The van der Waals surface area contributed by atoms with Crippen LogP contribution in [-0.2, 0) is 5.41 Å². The summed E-state index contributed by atoms with van der Waals surface area (Å²) in [5.41, 5.74) is 35.2. The Balaban J connectivity index is 0.000000115. The van der Waals surface area contributed by atoms with Gasteiger partial charge >= 0.3 is 0 Å². The SMILES string of the molecule is CC(C)c1cc2c(-c3ccc([Si](C)(C)C)cc3)cc(-c3ccccc3F)c3ccc4c(-c5ccc([Si](C)(C)C)cc5)ccc1c4c23.CCC1(CC)c2ccccc2-c2ccc(-c3ccc4cc(C)c5c(-c6ccccc6)cc(-c6ccccc6)c6ccc3c4c65)cc21.Cc1cccc(-c2ccc3c(-c4ccccc4)cc4c(-c5cccc(C)c5)cc(-c5cccc6c5ccc5ccccc56)c5ccc2c3c45)c1. The molecule has 0 aromatic heterocycles. The predicted octanol–water partition coefficient (Wildman–Crippen LogP) is 39.1. The van der Waals surface area contributed by atoms with Crippen LogP contribution in [0.15, 0.2) is 419 Å². The Morgan fingerprint density at radius 3 is 1.18 bits per heavy atom. The molecule has 0 heterocycles. The van der Waals surface area contributed by atoms with Crippen LogP contribution in [0, 0.1) is 26.6 Å². The van der Waals surface area contributed by atoms with Crippen LogP contribution in [0.25, 0.3) is 241 Å². The van der Waals surface area contributed by atoms with Gasteiger partial charge in [-0.1, -0.05) is 465 Å². The second-order valence-electron chi connectivity index (χ2n) is 42.3. The molecule has 0 fully saturated rings. The molecular weight excluding hydrogens is 1740 g/mol. The van der Waals surface area contributed by atoms with Crippen molar-refractivity contribution in [1.82, 2.24) is 0 Å². The van der Waals surface area contributed by atoms with Crippen molar-refractivity contribution in [1.29, 1.82) is 0 Å². The Labute approximate surface area is 835 Å². The van der Waals surface area contributed by atoms with Crippen LogP contribution in [0.5, 0.6) is 0 Å². The van der Waals surface area contributed by atoms with Gasteiger partial charge in [-0.05, 0) is 340 Å². The van der Waals surface area contributed by atoms with Crippen molar-refractivity contribution >= 4 is 145 Å². The highest BCUT2D eigenvalue weighted by atomic mass is 28.3. The maximum absolute atomic E-state index is 15.6. The maximum atomic E-state index is 15.6. The van der Waals surface area contributed by atoms with Gasteiger partial charge < -0.3 is 0 Å². The fourth-order valence-electron chi connectivity index (χ4n) is 24.4. The van der Waals surface area contributed by atoms with E-state index in [1.165, 1.54) is 263 Å². The number of aryl methyl sites for hydroxylation is 3. The van der Waals surface area contributed by atoms with Gasteiger partial charge in [-0.3, -0.25) is 0 Å². The lowest BCUT2D eigenvalue weighted by Crippen LogP contribution is -2.37. The first kappa shape index (κ1) is 89.1. The molecular formula is C139H113FSi2. The normalized spacial score (nSPS) is 12.6. The molecule has 0 nitrogen and oxygen atoms in total. The Kier molecular flexibility index (Phi) is 22.0. The minimum absolute atomic E-state index is 0.0536. The first-order valence-electron chi connectivity index (χ1n) is 50.8. The zero-order valence-corrected chi connectivity index (χ0v) is 85.2. The summed E-state index contributed by atoms with van der Waals surface area (Å²) in [7, 11) is -2.87. The highest BCUT2D eigenvalue weighted by molar-refractivity contribution is 6.89. The first-order chi connectivity index (χ1) is 69.1. The molecule has 1 aliphatic carbocycles. The summed E-state index contributed by atoms with van der Waals surface area (Å²) in [6, 6.07) is 155. The summed E-state index contributed by atoms with van der Waals surface area (Å²) in [5, 5.41) is 31.3. The number of halogens is 1. The third-order valence-corrected chi connectivity index (χ3v) is 35.7. The van der Waals surface area contributed by atoms with Gasteiger partial charge in [0, 0.05) is 11.0 Å². The first-order valence-corrected chi connectivity index (χ1v) is 57.8. The summed E-state index contributed by atoms with van der Waals surface area (Å²) in [6.45, 7) is 30.3. The van der Waals surface area contributed by atoms with Crippen LogP contribution >= 0.6 is 0 Å². The molecule has 0 N–H and O–H groups in total.